The Hall–Kier alpha value is -1.35. The molecule has 0 aromatic heterocycles. The second-order valence-electron chi connectivity index (χ2n) is 7.70. The fraction of sp³-hybridized carbons (Fsp3) is 0.650. The first-order valence-electron chi connectivity index (χ1n) is 8.92. The molecule has 2 saturated carbocycles. The lowest BCUT2D eigenvalue weighted by molar-refractivity contribution is -0.0346. The standard InChI is InChI=1S/C20H28O3/c1-14(13-23-19(22)15-7-4-3-5-8-15)16-10-11-17-18(21)9-6-12-20(16,17)2/h3-5,7-8,14,16-18,21H,6,9-13H2,1-2H3/t14-,16-,17+,18+,20-/m1/s1. The van der Waals surface area contributed by atoms with Crippen molar-refractivity contribution in [2.75, 3.05) is 6.61 Å². The molecular weight excluding hydrogens is 288 g/mol. The van der Waals surface area contributed by atoms with Crippen LogP contribution < -0.4 is 0 Å². The summed E-state index contributed by atoms with van der Waals surface area (Å²) >= 11 is 0. The number of hydrogen-bond acceptors (Lipinski definition) is 3. The molecule has 23 heavy (non-hydrogen) atoms. The highest BCUT2D eigenvalue weighted by atomic mass is 16.5. The minimum atomic E-state index is -0.235. The SMILES string of the molecule is C[C@H](COC(=O)c1ccccc1)[C@H]1CC[C@H]2[C@@H](O)CCC[C@]12C. The van der Waals surface area contributed by atoms with Crippen molar-refractivity contribution < 1.29 is 14.6 Å². The molecule has 1 aromatic rings. The van der Waals surface area contributed by atoms with Crippen LogP contribution in [0.4, 0.5) is 0 Å². The van der Waals surface area contributed by atoms with Crippen LogP contribution in [0, 0.1) is 23.2 Å². The van der Waals surface area contributed by atoms with Crippen molar-refractivity contribution in [3.05, 3.63) is 35.9 Å². The molecule has 0 saturated heterocycles. The number of fused-ring (bicyclic) bond motifs is 1. The van der Waals surface area contributed by atoms with Gasteiger partial charge in [0.25, 0.3) is 0 Å². The summed E-state index contributed by atoms with van der Waals surface area (Å²) in [5.41, 5.74) is 0.819. The van der Waals surface area contributed by atoms with Crippen LogP contribution in [-0.4, -0.2) is 23.8 Å². The van der Waals surface area contributed by atoms with Gasteiger partial charge in [0.15, 0.2) is 0 Å². The molecule has 126 valence electrons. The predicted octanol–water partition coefficient (Wildman–Crippen LogP) is 4.06. The van der Waals surface area contributed by atoms with Crippen LogP contribution >= 0.6 is 0 Å². The average molecular weight is 316 g/mol. The zero-order valence-electron chi connectivity index (χ0n) is 14.2. The number of carbonyl (C=O) groups is 1. The van der Waals surface area contributed by atoms with Gasteiger partial charge in [-0.2, -0.15) is 0 Å². The number of rotatable bonds is 4. The van der Waals surface area contributed by atoms with Crippen LogP contribution in [0.1, 0.15) is 56.3 Å². The second-order valence-corrected chi connectivity index (χ2v) is 7.70. The van der Waals surface area contributed by atoms with E-state index in [0.717, 1.165) is 25.7 Å². The molecule has 1 aromatic carbocycles. The maximum absolute atomic E-state index is 12.1. The molecule has 3 rings (SSSR count). The Morgan fingerprint density at radius 2 is 2.04 bits per heavy atom. The van der Waals surface area contributed by atoms with Crippen LogP contribution in [0.3, 0.4) is 0 Å². The molecule has 0 radical (unpaired) electrons. The van der Waals surface area contributed by atoms with E-state index in [1.807, 2.05) is 18.2 Å². The van der Waals surface area contributed by atoms with Gasteiger partial charge in [0, 0.05) is 0 Å². The summed E-state index contributed by atoms with van der Waals surface area (Å²) < 4.78 is 5.55. The highest BCUT2D eigenvalue weighted by molar-refractivity contribution is 5.89. The summed E-state index contributed by atoms with van der Waals surface area (Å²) in [4.78, 5) is 12.1. The molecule has 0 aliphatic heterocycles. The molecule has 2 aliphatic rings. The van der Waals surface area contributed by atoms with Crippen LogP contribution in [0.5, 0.6) is 0 Å². The van der Waals surface area contributed by atoms with Gasteiger partial charge in [0.05, 0.1) is 18.3 Å². The van der Waals surface area contributed by atoms with Crippen molar-refractivity contribution in [1.29, 1.82) is 0 Å². The van der Waals surface area contributed by atoms with Gasteiger partial charge >= 0.3 is 5.97 Å². The Balaban J connectivity index is 1.60. The third-order valence-corrected chi connectivity index (χ3v) is 6.34. The maximum atomic E-state index is 12.1. The van der Waals surface area contributed by atoms with Gasteiger partial charge in [0.2, 0.25) is 0 Å². The van der Waals surface area contributed by atoms with Crippen molar-refractivity contribution in [3.8, 4) is 0 Å². The molecule has 0 unspecified atom stereocenters. The van der Waals surface area contributed by atoms with E-state index in [0.29, 0.717) is 29.9 Å². The Labute approximate surface area is 139 Å². The first-order valence-corrected chi connectivity index (χ1v) is 8.92. The third kappa shape index (κ3) is 3.16. The molecular formula is C20H28O3. The normalized spacial score (nSPS) is 34.7. The summed E-state index contributed by atoms with van der Waals surface area (Å²) in [6.45, 7) is 5.00. The van der Waals surface area contributed by atoms with Crippen molar-refractivity contribution in [1.82, 2.24) is 0 Å². The lowest BCUT2D eigenvalue weighted by atomic mass is 9.62. The molecule has 3 nitrogen and oxygen atoms in total. The van der Waals surface area contributed by atoms with Gasteiger partial charge in [-0.25, -0.2) is 4.79 Å². The monoisotopic (exact) mass is 316 g/mol. The van der Waals surface area contributed by atoms with Crippen LogP contribution in [0.2, 0.25) is 0 Å². The number of aliphatic hydroxyl groups excluding tert-OH is 1. The summed E-state index contributed by atoms with van der Waals surface area (Å²) in [5, 5.41) is 10.3. The van der Waals surface area contributed by atoms with E-state index in [9.17, 15) is 9.90 Å². The molecule has 2 aliphatic carbocycles. The van der Waals surface area contributed by atoms with Crippen LogP contribution in [-0.2, 0) is 4.74 Å². The second kappa shape index (κ2) is 6.64. The first-order chi connectivity index (χ1) is 11.0. The van der Waals surface area contributed by atoms with E-state index in [1.54, 1.807) is 12.1 Å². The van der Waals surface area contributed by atoms with Crippen LogP contribution in [0.25, 0.3) is 0 Å². The molecule has 3 heteroatoms. The van der Waals surface area contributed by atoms with E-state index in [1.165, 1.54) is 6.42 Å². The van der Waals surface area contributed by atoms with Gasteiger partial charge in [0.1, 0.15) is 0 Å². The fourth-order valence-electron chi connectivity index (χ4n) is 5.10. The van der Waals surface area contributed by atoms with E-state index >= 15 is 0 Å². The summed E-state index contributed by atoms with van der Waals surface area (Å²) in [5.74, 6) is 1.06. The van der Waals surface area contributed by atoms with E-state index in [2.05, 4.69) is 13.8 Å². The van der Waals surface area contributed by atoms with Gasteiger partial charge in [-0.3, -0.25) is 0 Å². The Kier molecular flexibility index (Phi) is 4.77. The highest BCUT2D eigenvalue weighted by Gasteiger charge is 2.52. The largest absolute Gasteiger partial charge is 0.462 e. The number of hydrogen-bond donors (Lipinski definition) is 1. The van der Waals surface area contributed by atoms with Crippen molar-refractivity contribution in [3.63, 3.8) is 0 Å². The number of carbonyl (C=O) groups excluding carboxylic acids is 1. The van der Waals surface area contributed by atoms with Gasteiger partial charge in [-0.15, -0.1) is 0 Å². The zero-order chi connectivity index (χ0) is 16.4. The molecule has 0 spiro atoms. The van der Waals surface area contributed by atoms with Crippen molar-refractivity contribution >= 4 is 5.97 Å². The zero-order valence-corrected chi connectivity index (χ0v) is 14.2. The predicted molar refractivity (Wildman–Crippen MR) is 90.1 cm³/mol. The minimum Gasteiger partial charge on any atom is -0.462 e. The summed E-state index contributed by atoms with van der Waals surface area (Å²) in [6, 6.07) is 9.18. The summed E-state index contributed by atoms with van der Waals surface area (Å²) in [6.07, 6.45) is 5.36. The minimum absolute atomic E-state index is 0.141. The first kappa shape index (κ1) is 16.5. The number of benzene rings is 1. The lowest BCUT2D eigenvalue weighted by Gasteiger charge is -2.45. The molecule has 0 bridgehead atoms. The topological polar surface area (TPSA) is 46.5 Å². The number of ether oxygens (including phenoxy) is 1. The number of esters is 1. The molecule has 2 fully saturated rings. The Bertz CT molecular complexity index is 541. The van der Waals surface area contributed by atoms with Crippen molar-refractivity contribution in [2.45, 2.75) is 52.1 Å². The summed E-state index contributed by atoms with van der Waals surface area (Å²) in [7, 11) is 0. The Morgan fingerprint density at radius 1 is 1.30 bits per heavy atom. The third-order valence-electron chi connectivity index (χ3n) is 6.34. The molecule has 5 atom stereocenters. The maximum Gasteiger partial charge on any atom is 0.338 e. The van der Waals surface area contributed by atoms with Gasteiger partial charge in [-0.05, 0) is 61.0 Å². The van der Waals surface area contributed by atoms with Crippen molar-refractivity contribution in [2.24, 2.45) is 23.2 Å². The van der Waals surface area contributed by atoms with E-state index in [4.69, 9.17) is 4.74 Å². The number of aliphatic hydroxyl groups is 1. The van der Waals surface area contributed by atoms with Gasteiger partial charge < -0.3 is 9.84 Å². The fourth-order valence-corrected chi connectivity index (χ4v) is 5.10. The quantitative estimate of drug-likeness (QED) is 0.852. The Morgan fingerprint density at radius 3 is 2.78 bits per heavy atom. The van der Waals surface area contributed by atoms with Crippen LogP contribution in [0.15, 0.2) is 30.3 Å². The van der Waals surface area contributed by atoms with E-state index < -0.39 is 0 Å². The van der Waals surface area contributed by atoms with Gasteiger partial charge in [-0.1, -0.05) is 38.5 Å². The molecule has 0 amide bonds. The molecule has 0 heterocycles. The average Bonchev–Trinajstić information content (AvgIpc) is 2.91. The van der Waals surface area contributed by atoms with E-state index in [-0.39, 0.29) is 17.5 Å². The smallest absolute Gasteiger partial charge is 0.338 e. The highest BCUT2D eigenvalue weighted by Crippen LogP contribution is 2.57. The lowest BCUT2D eigenvalue weighted by Crippen LogP contribution is -2.42. The molecule has 1 N–H and O–H groups in total.